The molecule has 3 rings (SSSR count). The molecule has 0 radical (unpaired) electrons. The number of hydrogen-bond acceptors (Lipinski definition) is 6. The van der Waals surface area contributed by atoms with Crippen molar-refractivity contribution in [1.82, 2.24) is 10.6 Å². The van der Waals surface area contributed by atoms with E-state index in [1.807, 2.05) is 91.0 Å². The predicted molar refractivity (Wildman–Crippen MR) is 188 cm³/mol. The average Bonchev–Trinajstić information content (AvgIpc) is 3.04. The third-order valence-electron chi connectivity index (χ3n) is 8.36. The Labute approximate surface area is 281 Å². The Morgan fingerprint density at radius 2 is 1.34 bits per heavy atom. The monoisotopic (exact) mass is 658 g/mol. The minimum Gasteiger partial charge on any atom is -0.463 e. The van der Waals surface area contributed by atoms with Gasteiger partial charge >= 0.3 is 12.1 Å². The first kappa shape index (κ1) is 37.2. The number of ether oxygens (including phenoxy) is 2. The van der Waals surface area contributed by atoms with Gasteiger partial charge in [0, 0.05) is 12.5 Å². The number of aryl methyl sites for hydroxylation is 1. The Hall–Kier alpha value is -4.21. The maximum atomic E-state index is 14.1. The fourth-order valence-corrected chi connectivity index (χ4v) is 5.95. The number of rotatable bonds is 16. The number of nitrogens with one attached hydrogen (secondary N) is 2. The Morgan fingerprint density at radius 3 is 1.89 bits per heavy atom. The molecule has 0 aliphatic rings. The summed E-state index contributed by atoms with van der Waals surface area (Å²) in [5, 5.41) is 5.87. The van der Waals surface area contributed by atoms with Gasteiger partial charge in [0.05, 0.1) is 18.8 Å². The smallest absolute Gasteiger partial charge is 0.408 e. The second-order valence-corrected chi connectivity index (χ2v) is 17.8. The zero-order valence-electron chi connectivity index (χ0n) is 28.5. The highest BCUT2D eigenvalue weighted by molar-refractivity contribution is 6.74. The van der Waals surface area contributed by atoms with Crippen LogP contribution in [0.15, 0.2) is 103 Å². The molecule has 0 aliphatic heterocycles. The largest absolute Gasteiger partial charge is 0.463 e. The molecule has 0 fully saturated rings. The molecule has 2 amide bonds. The van der Waals surface area contributed by atoms with Crippen LogP contribution in [-0.2, 0) is 42.9 Å². The molecule has 0 unspecified atom stereocenters. The highest BCUT2D eigenvalue weighted by Gasteiger charge is 2.41. The van der Waals surface area contributed by atoms with Crippen molar-refractivity contribution in [3.63, 3.8) is 0 Å². The van der Waals surface area contributed by atoms with Crippen LogP contribution in [0.3, 0.4) is 0 Å². The van der Waals surface area contributed by atoms with Crippen molar-refractivity contribution in [3.05, 3.63) is 120 Å². The SMILES string of the molecule is CCOC(=O)/C=C/[C@@H](O[Si](C)(C)C(C)(C)C)[C@H](CCc1ccccc1)NC(=O)[C@H](Cc1ccccc1)NC(=O)OCc1ccccc1. The van der Waals surface area contributed by atoms with E-state index in [0.29, 0.717) is 12.8 Å². The van der Waals surface area contributed by atoms with Crippen molar-refractivity contribution in [2.75, 3.05) is 6.61 Å². The second kappa shape index (κ2) is 18.2. The highest BCUT2D eigenvalue weighted by atomic mass is 28.4. The van der Waals surface area contributed by atoms with Crippen LogP contribution in [0.4, 0.5) is 4.79 Å². The number of amides is 2. The Morgan fingerprint density at radius 1 is 0.787 bits per heavy atom. The average molecular weight is 659 g/mol. The van der Waals surface area contributed by atoms with Gasteiger partial charge in [-0.2, -0.15) is 0 Å². The van der Waals surface area contributed by atoms with E-state index in [-0.39, 0.29) is 30.6 Å². The molecule has 0 aromatic heterocycles. The molecule has 252 valence electrons. The lowest BCUT2D eigenvalue weighted by Crippen LogP contribution is -2.55. The van der Waals surface area contributed by atoms with E-state index in [4.69, 9.17) is 13.9 Å². The second-order valence-electron chi connectivity index (χ2n) is 13.0. The summed E-state index contributed by atoms with van der Waals surface area (Å²) in [6.45, 7) is 12.8. The predicted octanol–water partition coefficient (Wildman–Crippen LogP) is 7.15. The van der Waals surface area contributed by atoms with Crippen LogP contribution >= 0.6 is 0 Å². The lowest BCUT2D eigenvalue weighted by molar-refractivity contribution is -0.137. The fraction of sp³-hybridized carbons (Fsp3) is 0.395. The summed E-state index contributed by atoms with van der Waals surface area (Å²) in [6.07, 6.45) is 3.19. The van der Waals surface area contributed by atoms with Gasteiger partial charge in [-0.3, -0.25) is 4.79 Å². The van der Waals surface area contributed by atoms with E-state index >= 15 is 0 Å². The maximum absolute atomic E-state index is 14.1. The van der Waals surface area contributed by atoms with E-state index < -0.39 is 38.6 Å². The summed E-state index contributed by atoms with van der Waals surface area (Å²) in [5.41, 5.74) is 2.83. The number of carbonyl (C=O) groups excluding carboxylic acids is 3. The topological polar surface area (TPSA) is 103 Å². The van der Waals surface area contributed by atoms with Gasteiger partial charge in [0.1, 0.15) is 12.6 Å². The molecule has 9 heteroatoms. The Kier molecular flexibility index (Phi) is 14.4. The van der Waals surface area contributed by atoms with Crippen LogP contribution in [0.2, 0.25) is 18.1 Å². The summed E-state index contributed by atoms with van der Waals surface area (Å²) in [7, 11) is -2.38. The third-order valence-corrected chi connectivity index (χ3v) is 12.8. The van der Waals surface area contributed by atoms with E-state index in [9.17, 15) is 14.4 Å². The van der Waals surface area contributed by atoms with Crippen molar-refractivity contribution < 1.29 is 28.3 Å². The van der Waals surface area contributed by atoms with Crippen LogP contribution < -0.4 is 10.6 Å². The number of alkyl carbamates (subject to hydrolysis) is 1. The van der Waals surface area contributed by atoms with E-state index in [2.05, 4.69) is 44.5 Å². The first-order valence-corrected chi connectivity index (χ1v) is 19.2. The molecule has 0 aliphatic carbocycles. The van der Waals surface area contributed by atoms with Gasteiger partial charge in [-0.1, -0.05) is 112 Å². The van der Waals surface area contributed by atoms with Crippen LogP contribution in [-0.4, -0.2) is 51.1 Å². The molecule has 3 atom stereocenters. The molecule has 0 spiro atoms. The van der Waals surface area contributed by atoms with Gasteiger partial charge in [0.2, 0.25) is 5.91 Å². The summed E-state index contributed by atoms with van der Waals surface area (Å²) in [5.74, 6) is -0.855. The molecule has 47 heavy (non-hydrogen) atoms. The van der Waals surface area contributed by atoms with Gasteiger partial charge in [-0.25, -0.2) is 9.59 Å². The fourth-order valence-electron chi connectivity index (χ4n) is 4.67. The van der Waals surface area contributed by atoms with E-state index in [0.717, 1.165) is 16.7 Å². The summed E-state index contributed by atoms with van der Waals surface area (Å²) < 4.78 is 17.5. The highest BCUT2D eigenvalue weighted by Crippen LogP contribution is 2.38. The third kappa shape index (κ3) is 12.8. The van der Waals surface area contributed by atoms with Crippen molar-refractivity contribution in [1.29, 1.82) is 0 Å². The summed E-state index contributed by atoms with van der Waals surface area (Å²) in [4.78, 5) is 39.6. The maximum Gasteiger partial charge on any atom is 0.408 e. The Balaban J connectivity index is 1.92. The zero-order valence-corrected chi connectivity index (χ0v) is 29.5. The van der Waals surface area contributed by atoms with Crippen molar-refractivity contribution >= 4 is 26.3 Å². The van der Waals surface area contributed by atoms with Crippen molar-refractivity contribution in [2.24, 2.45) is 0 Å². The van der Waals surface area contributed by atoms with E-state index in [1.54, 1.807) is 13.0 Å². The van der Waals surface area contributed by atoms with Crippen LogP contribution in [0.1, 0.15) is 50.8 Å². The molecule has 2 N–H and O–H groups in total. The first-order chi connectivity index (χ1) is 22.4. The zero-order chi connectivity index (χ0) is 34.3. The molecular formula is C38H50N2O6Si. The van der Waals surface area contributed by atoms with Gasteiger partial charge in [0.25, 0.3) is 0 Å². The molecule has 0 saturated heterocycles. The summed E-state index contributed by atoms with van der Waals surface area (Å²) in [6, 6.07) is 27.4. The van der Waals surface area contributed by atoms with Crippen molar-refractivity contribution in [3.8, 4) is 0 Å². The summed E-state index contributed by atoms with van der Waals surface area (Å²) >= 11 is 0. The van der Waals surface area contributed by atoms with Crippen molar-refractivity contribution in [2.45, 2.75) is 89.9 Å². The van der Waals surface area contributed by atoms with E-state index in [1.165, 1.54) is 6.08 Å². The molecule has 3 aromatic rings. The molecular weight excluding hydrogens is 609 g/mol. The number of carbonyl (C=O) groups is 3. The normalized spacial score (nSPS) is 13.7. The number of benzene rings is 3. The molecule has 0 saturated carbocycles. The van der Waals surface area contributed by atoms with Crippen LogP contribution in [0, 0.1) is 0 Å². The van der Waals surface area contributed by atoms with Gasteiger partial charge in [0.15, 0.2) is 8.32 Å². The standard InChI is InChI=1S/C38H50N2O6Si/c1-7-44-35(41)26-25-34(46-47(5,6)38(2,3)4)32(24-23-29-17-11-8-12-18-29)39-36(42)33(27-30-19-13-9-14-20-30)40-37(43)45-28-31-21-15-10-16-22-31/h8-22,25-26,32-34H,7,23-24,27-28H2,1-6H3,(H,39,42)(H,40,43)/b26-25+/t32-,33-,34+/m0/s1. The first-order valence-electron chi connectivity index (χ1n) is 16.3. The van der Waals surface area contributed by atoms with Gasteiger partial charge in [-0.05, 0) is 60.7 Å². The lowest BCUT2D eigenvalue weighted by atomic mass is 9.99. The van der Waals surface area contributed by atoms with Gasteiger partial charge in [-0.15, -0.1) is 0 Å². The quantitative estimate of drug-likeness (QED) is 0.0963. The van der Waals surface area contributed by atoms with Gasteiger partial charge < -0.3 is 24.5 Å². The number of esters is 1. The number of hydrogen-bond donors (Lipinski definition) is 2. The van der Waals surface area contributed by atoms with Crippen LogP contribution in [0.25, 0.3) is 0 Å². The van der Waals surface area contributed by atoms with Crippen LogP contribution in [0.5, 0.6) is 0 Å². The Bertz CT molecular complexity index is 1420. The molecule has 8 nitrogen and oxygen atoms in total. The lowest BCUT2D eigenvalue weighted by Gasteiger charge is -2.41. The molecule has 0 heterocycles. The molecule has 0 bridgehead atoms. The minimum absolute atomic E-state index is 0.0765. The molecule has 3 aromatic carbocycles. The minimum atomic E-state index is -2.38.